The van der Waals surface area contributed by atoms with Crippen LogP contribution < -0.4 is 5.30 Å². The molecule has 0 aliphatic heterocycles. The van der Waals surface area contributed by atoms with E-state index in [0.717, 1.165) is 11.7 Å². The van der Waals surface area contributed by atoms with Crippen molar-refractivity contribution in [2.24, 2.45) is 0 Å². The molecule has 0 saturated heterocycles. The number of benzene rings is 1. The van der Waals surface area contributed by atoms with Crippen molar-refractivity contribution in [3.8, 4) is 0 Å². The van der Waals surface area contributed by atoms with Gasteiger partial charge in [-0.05, 0) is 37.7 Å². The topological polar surface area (TPSA) is 93.1 Å². The first kappa shape index (κ1) is 22.2. The first-order valence-electron chi connectivity index (χ1n) is 7.48. The molecule has 8 heteroatoms. The zero-order valence-corrected chi connectivity index (χ0v) is 15.7. The van der Waals surface area contributed by atoms with Gasteiger partial charge >= 0.3 is 13.6 Å². The summed E-state index contributed by atoms with van der Waals surface area (Å²) in [4.78, 5) is 10.8. The fourth-order valence-electron chi connectivity index (χ4n) is 1.47. The minimum absolute atomic E-state index is 0.244. The molecule has 0 bridgehead atoms. The minimum atomic E-state index is -3.04. The van der Waals surface area contributed by atoms with Crippen LogP contribution in [0.3, 0.4) is 0 Å². The molecule has 6 nitrogen and oxygen atoms in total. The van der Waals surface area contributed by atoms with Crippen LogP contribution >= 0.6 is 16.2 Å². The molecule has 2 unspecified atom stereocenters. The molecule has 0 radical (unpaired) electrons. The van der Waals surface area contributed by atoms with Crippen molar-refractivity contribution in [2.45, 2.75) is 27.2 Å². The summed E-state index contributed by atoms with van der Waals surface area (Å²) >= 11 is 0. The highest BCUT2D eigenvalue weighted by molar-refractivity contribution is 7.68. The second kappa shape index (κ2) is 12.6. The summed E-state index contributed by atoms with van der Waals surface area (Å²) in [7, 11) is -2.78. The van der Waals surface area contributed by atoms with Gasteiger partial charge in [0.15, 0.2) is 0 Å². The standard InChI is InChI=1S/C13H20O5P2.C2H6O/c1-3-9-18-20(16,17-4-2)10-19-12-7-5-11(6-8-12)13(14)15;1-2-3/h5-8,19H,3-4,9-10H2,1-2H3,(H,14,15);3H,2H2,1H3. The molecule has 2 N–H and O–H groups in total. The molecule has 0 aromatic heterocycles. The summed E-state index contributed by atoms with van der Waals surface area (Å²) in [5, 5.41) is 17.3. The third-order valence-electron chi connectivity index (χ3n) is 2.43. The van der Waals surface area contributed by atoms with E-state index in [1.807, 2.05) is 6.92 Å². The first-order chi connectivity index (χ1) is 10.9. The lowest BCUT2D eigenvalue weighted by Crippen LogP contribution is -2.03. The maximum absolute atomic E-state index is 12.4. The van der Waals surface area contributed by atoms with Crippen LogP contribution in [0.5, 0.6) is 0 Å². The van der Waals surface area contributed by atoms with Crippen LogP contribution in [0.25, 0.3) is 0 Å². The van der Waals surface area contributed by atoms with E-state index >= 15 is 0 Å². The van der Waals surface area contributed by atoms with Gasteiger partial charge in [0.25, 0.3) is 0 Å². The average molecular weight is 364 g/mol. The van der Waals surface area contributed by atoms with Crippen LogP contribution in [-0.2, 0) is 13.6 Å². The molecular weight excluding hydrogens is 338 g/mol. The summed E-state index contributed by atoms with van der Waals surface area (Å²) in [5.41, 5.74) is 0.244. The predicted molar refractivity (Wildman–Crippen MR) is 94.5 cm³/mol. The molecular formula is C15H26O6P2. The molecule has 0 spiro atoms. The molecule has 1 rings (SSSR count). The van der Waals surface area contributed by atoms with E-state index in [2.05, 4.69) is 0 Å². The first-order valence-corrected chi connectivity index (χ1v) is 10.4. The summed E-state index contributed by atoms with van der Waals surface area (Å²) in [6.07, 6.45) is 0.785. The van der Waals surface area contributed by atoms with Crippen LogP contribution in [0.2, 0.25) is 0 Å². The van der Waals surface area contributed by atoms with Gasteiger partial charge in [0.05, 0.1) is 24.7 Å². The molecule has 0 heterocycles. The fourth-order valence-corrected chi connectivity index (χ4v) is 5.04. The highest BCUT2D eigenvalue weighted by Crippen LogP contribution is 2.52. The molecule has 0 aliphatic rings. The Bertz CT molecular complexity index is 489. The normalized spacial score (nSPS) is 13.4. The number of aliphatic hydroxyl groups is 1. The summed E-state index contributed by atoms with van der Waals surface area (Å²) < 4.78 is 23.0. The van der Waals surface area contributed by atoms with E-state index in [1.165, 1.54) is 0 Å². The maximum Gasteiger partial charge on any atom is 0.335 e. The van der Waals surface area contributed by atoms with E-state index in [4.69, 9.17) is 19.3 Å². The second-order valence-electron chi connectivity index (χ2n) is 4.40. The van der Waals surface area contributed by atoms with Gasteiger partial charge in [0, 0.05) is 6.61 Å². The Morgan fingerprint density at radius 3 is 2.17 bits per heavy atom. The van der Waals surface area contributed by atoms with Gasteiger partial charge < -0.3 is 19.3 Å². The molecule has 132 valence electrons. The summed E-state index contributed by atoms with van der Waals surface area (Å²) in [6.45, 7) is 6.43. The minimum Gasteiger partial charge on any atom is -0.478 e. The highest BCUT2D eigenvalue weighted by Gasteiger charge is 2.23. The summed E-state index contributed by atoms with van der Waals surface area (Å²) in [5.74, 6) is -0.626. The molecule has 0 aliphatic carbocycles. The third-order valence-corrected chi connectivity index (χ3v) is 6.58. The van der Waals surface area contributed by atoms with E-state index in [0.29, 0.717) is 19.1 Å². The highest BCUT2D eigenvalue weighted by atomic mass is 31.2. The van der Waals surface area contributed by atoms with Crippen molar-refractivity contribution < 1.29 is 28.6 Å². The smallest absolute Gasteiger partial charge is 0.335 e. The van der Waals surface area contributed by atoms with Gasteiger partial charge in [-0.25, -0.2) is 4.79 Å². The molecule has 0 saturated carbocycles. The lowest BCUT2D eigenvalue weighted by molar-refractivity contribution is 0.0697. The zero-order chi connectivity index (χ0) is 17.7. The number of carbonyl (C=O) groups is 1. The Morgan fingerprint density at radius 1 is 1.17 bits per heavy atom. The SMILES string of the molecule is CCCOP(=O)(CPc1ccc(C(=O)O)cc1)OCC.CCO. The Hall–Kier alpha value is -0.770. The van der Waals surface area contributed by atoms with E-state index in [9.17, 15) is 9.36 Å². The lowest BCUT2D eigenvalue weighted by Gasteiger charge is -2.17. The molecule has 1 aromatic rings. The number of hydrogen-bond donors (Lipinski definition) is 2. The van der Waals surface area contributed by atoms with Crippen molar-refractivity contribution in [1.29, 1.82) is 0 Å². The van der Waals surface area contributed by atoms with Gasteiger partial charge in [0.2, 0.25) is 0 Å². The monoisotopic (exact) mass is 364 g/mol. The summed E-state index contributed by atoms with van der Waals surface area (Å²) in [6, 6.07) is 6.56. The largest absolute Gasteiger partial charge is 0.478 e. The third kappa shape index (κ3) is 9.85. The zero-order valence-electron chi connectivity index (χ0n) is 13.8. The molecule has 0 fully saturated rings. The van der Waals surface area contributed by atoms with Crippen LogP contribution in [0.15, 0.2) is 24.3 Å². The fraction of sp³-hybridized carbons (Fsp3) is 0.533. The van der Waals surface area contributed by atoms with Gasteiger partial charge in [-0.2, -0.15) is 0 Å². The van der Waals surface area contributed by atoms with Crippen molar-refractivity contribution >= 4 is 27.5 Å². The molecule has 1 aromatic carbocycles. The quantitative estimate of drug-likeness (QED) is 0.653. The van der Waals surface area contributed by atoms with Crippen molar-refractivity contribution in [3.05, 3.63) is 29.8 Å². The lowest BCUT2D eigenvalue weighted by atomic mass is 10.2. The number of carboxylic acids is 1. The maximum atomic E-state index is 12.4. The Morgan fingerprint density at radius 2 is 1.74 bits per heavy atom. The van der Waals surface area contributed by atoms with Crippen LogP contribution in [0.4, 0.5) is 0 Å². The average Bonchev–Trinajstić information content (AvgIpc) is 2.53. The van der Waals surface area contributed by atoms with Gasteiger partial charge in [-0.3, -0.25) is 4.57 Å². The van der Waals surface area contributed by atoms with Gasteiger partial charge in [-0.1, -0.05) is 27.6 Å². The van der Waals surface area contributed by atoms with E-state index in [-0.39, 0.29) is 20.8 Å². The van der Waals surface area contributed by atoms with Crippen molar-refractivity contribution in [1.82, 2.24) is 0 Å². The number of carboxylic acid groups (broad SMARTS) is 1. The van der Waals surface area contributed by atoms with Gasteiger partial charge in [0.1, 0.15) is 0 Å². The number of hydrogen-bond acceptors (Lipinski definition) is 5. The Kier molecular flexibility index (Phi) is 12.2. The number of aromatic carboxylic acids is 1. The second-order valence-corrected chi connectivity index (χ2v) is 8.33. The molecule has 2 atom stereocenters. The van der Waals surface area contributed by atoms with Crippen LogP contribution in [-0.4, -0.2) is 41.9 Å². The van der Waals surface area contributed by atoms with E-state index < -0.39 is 13.6 Å². The predicted octanol–water partition coefficient (Wildman–Crippen LogP) is 3.30. The van der Waals surface area contributed by atoms with E-state index in [1.54, 1.807) is 38.1 Å². The van der Waals surface area contributed by atoms with Crippen LogP contribution in [0.1, 0.15) is 37.6 Å². The number of rotatable bonds is 9. The molecule has 0 amide bonds. The van der Waals surface area contributed by atoms with Crippen molar-refractivity contribution in [3.63, 3.8) is 0 Å². The Balaban J connectivity index is 0.00000149. The van der Waals surface area contributed by atoms with Gasteiger partial charge in [-0.15, -0.1) is 0 Å². The Labute approximate surface area is 139 Å². The molecule has 23 heavy (non-hydrogen) atoms. The van der Waals surface area contributed by atoms with Crippen LogP contribution in [0, 0.1) is 0 Å². The van der Waals surface area contributed by atoms with Crippen molar-refractivity contribution in [2.75, 3.05) is 25.7 Å². The number of aliphatic hydroxyl groups excluding tert-OH is 1.